The highest BCUT2D eigenvalue weighted by Crippen LogP contribution is 2.28. The first kappa shape index (κ1) is 17.0. The van der Waals surface area contributed by atoms with Crippen molar-refractivity contribution in [3.63, 3.8) is 0 Å². The van der Waals surface area contributed by atoms with E-state index in [4.69, 9.17) is 16.1 Å². The van der Waals surface area contributed by atoms with Crippen molar-refractivity contribution < 1.29 is 9.32 Å². The molecule has 0 aliphatic carbocycles. The topological polar surface area (TPSA) is 59.2 Å². The lowest BCUT2D eigenvalue weighted by molar-refractivity contribution is -0.124. The number of hydrogen-bond donors (Lipinski definition) is 0. The van der Waals surface area contributed by atoms with Crippen LogP contribution in [0, 0.1) is 0 Å². The molecule has 0 bridgehead atoms. The molecule has 0 saturated carbocycles. The highest BCUT2D eigenvalue weighted by Gasteiger charge is 2.29. The van der Waals surface area contributed by atoms with E-state index in [9.17, 15) is 4.79 Å². The van der Waals surface area contributed by atoms with Crippen LogP contribution in [0.3, 0.4) is 0 Å². The molecule has 26 heavy (non-hydrogen) atoms. The molecule has 0 radical (unpaired) electrons. The van der Waals surface area contributed by atoms with Gasteiger partial charge in [0.25, 0.3) is 5.89 Å². The van der Waals surface area contributed by atoms with Gasteiger partial charge in [0.15, 0.2) is 5.82 Å². The maximum absolute atomic E-state index is 12.4. The Bertz CT molecular complexity index is 936. The molecule has 0 spiro atoms. The molecule has 1 saturated heterocycles. The van der Waals surface area contributed by atoms with E-state index < -0.39 is 0 Å². The SMILES string of the molecule is O=C(/C=C/c1ccccc1Cl)N1CC[C@@H](c2noc(-c3ccsc3)n2)C1. The molecule has 0 unspecified atom stereocenters. The van der Waals surface area contributed by atoms with Crippen LogP contribution in [0.2, 0.25) is 5.02 Å². The van der Waals surface area contributed by atoms with Gasteiger partial charge in [-0.1, -0.05) is 35.0 Å². The third-order valence-electron chi connectivity index (χ3n) is 4.39. The number of likely N-dealkylation sites (tertiary alicyclic amines) is 1. The number of hydrogen-bond acceptors (Lipinski definition) is 5. The fourth-order valence-electron chi connectivity index (χ4n) is 2.95. The molecule has 7 heteroatoms. The molecule has 3 heterocycles. The van der Waals surface area contributed by atoms with Gasteiger partial charge in [0.05, 0.1) is 5.56 Å². The van der Waals surface area contributed by atoms with Gasteiger partial charge < -0.3 is 9.42 Å². The molecule has 2 aromatic heterocycles. The lowest BCUT2D eigenvalue weighted by Gasteiger charge is -2.13. The summed E-state index contributed by atoms with van der Waals surface area (Å²) in [5.41, 5.74) is 1.76. The van der Waals surface area contributed by atoms with Crippen LogP contribution >= 0.6 is 22.9 Å². The fraction of sp³-hybridized carbons (Fsp3) is 0.211. The molecule has 1 aromatic carbocycles. The Hall–Kier alpha value is -2.44. The number of carbonyl (C=O) groups excluding carboxylic acids is 1. The van der Waals surface area contributed by atoms with Crippen LogP contribution in [-0.2, 0) is 4.79 Å². The highest BCUT2D eigenvalue weighted by atomic mass is 35.5. The van der Waals surface area contributed by atoms with E-state index in [0.717, 1.165) is 17.5 Å². The summed E-state index contributed by atoms with van der Waals surface area (Å²) < 4.78 is 5.35. The average Bonchev–Trinajstić information content (AvgIpc) is 3.41. The first-order valence-corrected chi connectivity index (χ1v) is 9.60. The van der Waals surface area contributed by atoms with E-state index in [-0.39, 0.29) is 11.8 Å². The second-order valence-corrected chi connectivity index (χ2v) is 7.28. The van der Waals surface area contributed by atoms with Gasteiger partial charge in [-0.25, -0.2) is 0 Å². The van der Waals surface area contributed by atoms with Crippen molar-refractivity contribution in [2.75, 3.05) is 13.1 Å². The van der Waals surface area contributed by atoms with Gasteiger partial charge >= 0.3 is 0 Å². The average molecular weight is 386 g/mol. The molecule has 1 fully saturated rings. The lowest BCUT2D eigenvalue weighted by Crippen LogP contribution is -2.26. The zero-order valence-corrected chi connectivity index (χ0v) is 15.4. The number of rotatable bonds is 4. The zero-order chi connectivity index (χ0) is 17.9. The predicted octanol–water partition coefficient (Wildman–Crippen LogP) is 4.48. The Balaban J connectivity index is 1.40. The molecular weight excluding hydrogens is 370 g/mol. The minimum absolute atomic E-state index is 0.0334. The minimum atomic E-state index is -0.0334. The number of halogens is 1. The maximum atomic E-state index is 12.4. The van der Waals surface area contributed by atoms with Crippen LogP contribution in [-0.4, -0.2) is 34.0 Å². The molecular formula is C19H16ClN3O2S. The van der Waals surface area contributed by atoms with Crippen LogP contribution in [0.15, 0.2) is 51.7 Å². The number of aromatic nitrogens is 2. The number of thiophene rings is 1. The summed E-state index contributed by atoms with van der Waals surface area (Å²) in [5, 5.41) is 8.67. The Morgan fingerprint density at radius 1 is 1.35 bits per heavy atom. The van der Waals surface area contributed by atoms with Crippen molar-refractivity contribution in [2.45, 2.75) is 12.3 Å². The molecule has 1 aliphatic heterocycles. The summed E-state index contributed by atoms with van der Waals surface area (Å²) in [6.07, 6.45) is 4.14. The normalized spacial score (nSPS) is 17.3. The van der Waals surface area contributed by atoms with Crippen LogP contribution < -0.4 is 0 Å². The quantitative estimate of drug-likeness (QED) is 0.621. The van der Waals surface area contributed by atoms with E-state index in [0.29, 0.717) is 29.8 Å². The molecule has 1 aliphatic rings. The van der Waals surface area contributed by atoms with Gasteiger partial charge in [-0.3, -0.25) is 4.79 Å². The van der Waals surface area contributed by atoms with E-state index in [2.05, 4.69) is 10.1 Å². The summed E-state index contributed by atoms with van der Waals surface area (Å²) in [5.74, 6) is 1.26. The Kier molecular flexibility index (Phi) is 4.86. The summed E-state index contributed by atoms with van der Waals surface area (Å²) in [7, 11) is 0. The van der Waals surface area contributed by atoms with Crippen LogP contribution in [0.4, 0.5) is 0 Å². The van der Waals surface area contributed by atoms with Crippen molar-refractivity contribution in [2.24, 2.45) is 0 Å². The number of carbonyl (C=O) groups is 1. The number of nitrogens with zero attached hydrogens (tertiary/aromatic N) is 3. The second kappa shape index (κ2) is 7.43. The van der Waals surface area contributed by atoms with Gasteiger partial charge in [0, 0.05) is 35.5 Å². The van der Waals surface area contributed by atoms with Gasteiger partial charge in [-0.2, -0.15) is 16.3 Å². The fourth-order valence-corrected chi connectivity index (χ4v) is 3.78. The van der Waals surface area contributed by atoms with Crippen molar-refractivity contribution in [1.29, 1.82) is 0 Å². The Morgan fingerprint density at radius 2 is 2.23 bits per heavy atom. The zero-order valence-electron chi connectivity index (χ0n) is 13.8. The summed E-state index contributed by atoms with van der Waals surface area (Å²) in [6, 6.07) is 9.39. The van der Waals surface area contributed by atoms with Crippen molar-refractivity contribution in [1.82, 2.24) is 15.0 Å². The van der Waals surface area contributed by atoms with E-state index in [1.165, 1.54) is 0 Å². The van der Waals surface area contributed by atoms with Crippen molar-refractivity contribution in [3.05, 3.63) is 63.6 Å². The Labute approximate surface area is 159 Å². The third kappa shape index (κ3) is 3.57. The maximum Gasteiger partial charge on any atom is 0.258 e. The standard InChI is InChI=1S/C19H16ClN3O2S/c20-16-4-2-1-3-13(16)5-6-17(24)23-9-7-14(11-23)18-21-19(25-22-18)15-8-10-26-12-15/h1-6,8,10,12,14H,7,9,11H2/b6-5+/t14-/m1/s1. The van der Waals surface area contributed by atoms with Crippen LogP contribution in [0.25, 0.3) is 17.5 Å². The summed E-state index contributed by atoms with van der Waals surface area (Å²) >= 11 is 7.70. The number of amides is 1. The van der Waals surface area contributed by atoms with Crippen LogP contribution in [0.1, 0.15) is 23.7 Å². The molecule has 1 atom stereocenters. The van der Waals surface area contributed by atoms with E-state index in [1.807, 2.05) is 35.0 Å². The minimum Gasteiger partial charge on any atom is -0.338 e. The lowest BCUT2D eigenvalue weighted by atomic mass is 10.1. The van der Waals surface area contributed by atoms with Crippen molar-refractivity contribution in [3.8, 4) is 11.5 Å². The smallest absolute Gasteiger partial charge is 0.258 e. The molecule has 3 aromatic rings. The summed E-state index contributed by atoms with van der Waals surface area (Å²) in [4.78, 5) is 18.7. The Morgan fingerprint density at radius 3 is 3.04 bits per heavy atom. The van der Waals surface area contributed by atoms with Gasteiger partial charge in [0.2, 0.25) is 5.91 Å². The molecule has 132 valence electrons. The van der Waals surface area contributed by atoms with E-state index in [1.54, 1.807) is 34.5 Å². The van der Waals surface area contributed by atoms with Gasteiger partial charge in [-0.15, -0.1) is 0 Å². The first-order chi connectivity index (χ1) is 12.7. The predicted molar refractivity (Wildman–Crippen MR) is 102 cm³/mol. The van der Waals surface area contributed by atoms with Gasteiger partial charge in [-0.05, 0) is 35.6 Å². The number of benzene rings is 1. The second-order valence-electron chi connectivity index (χ2n) is 6.09. The van der Waals surface area contributed by atoms with Crippen LogP contribution in [0.5, 0.6) is 0 Å². The summed E-state index contributed by atoms with van der Waals surface area (Å²) in [6.45, 7) is 1.27. The van der Waals surface area contributed by atoms with Gasteiger partial charge in [0.1, 0.15) is 0 Å². The third-order valence-corrected chi connectivity index (χ3v) is 5.41. The van der Waals surface area contributed by atoms with E-state index >= 15 is 0 Å². The largest absolute Gasteiger partial charge is 0.338 e. The molecule has 1 amide bonds. The molecule has 0 N–H and O–H groups in total. The van der Waals surface area contributed by atoms with Crippen molar-refractivity contribution >= 4 is 34.9 Å². The first-order valence-electron chi connectivity index (χ1n) is 8.28. The molecule has 5 nitrogen and oxygen atoms in total. The highest BCUT2D eigenvalue weighted by molar-refractivity contribution is 7.08. The monoisotopic (exact) mass is 385 g/mol. The molecule has 4 rings (SSSR count).